The van der Waals surface area contributed by atoms with Crippen molar-refractivity contribution in [2.24, 2.45) is 22.7 Å². The zero-order valence-electron chi connectivity index (χ0n) is 15.1. The Morgan fingerprint density at radius 3 is 2.23 bits per heavy atom. The van der Waals surface area contributed by atoms with Gasteiger partial charge >= 0.3 is 0 Å². The second kappa shape index (κ2) is 4.83. The second-order valence-corrected chi connectivity index (χ2v) is 9.50. The fraction of sp³-hybridized carbons (Fsp3) is 0.900. The van der Waals surface area contributed by atoms with Gasteiger partial charge in [-0.25, -0.2) is 0 Å². The maximum atomic E-state index is 10.5. The average Bonchev–Trinajstić information content (AvgIpc) is 2.42. The van der Waals surface area contributed by atoms with Crippen LogP contribution in [0.2, 0.25) is 0 Å². The molecule has 3 rings (SSSR count). The van der Waals surface area contributed by atoms with E-state index in [0.29, 0.717) is 11.8 Å². The van der Waals surface area contributed by atoms with Crippen molar-refractivity contribution < 1.29 is 9.84 Å². The predicted molar refractivity (Wildman–Crippen MR) is 90.7 cm³/mol. The van der Waals surface area contributed by atoms with E-state index in [-0.39, 0.29) is 28.1 Å². The van der Waals surface area contributed by atoms with E-state index in [4.69, 9.17) is 4.74 Å². The molecule has 0 aromatic carbocycles. The molecule has 126 valence electrons. The molecule has 0 amide bonds. The molecule has 22 heavy (non-hydrogen) atoms. The molecule has 2 heteroatoms. The zero-order chi connectivity index (χ0) is 16.4. The first-order valence-electron chi connectivity index (χ1n) is 9.09. The van der Waals surface area contributed by atoms with Crippen molar-refractivity contribution in [3.05, 3.63) is 12.7 Å². The molecule has 1 N–H and O–H groups in total. The minimum Gasteiger partial charge on any atom is -0.393 e. The van der Waals surface area contributed by atoms with Crippen molar-refractivity contribution in [1.82, 2.24) is 0 Å². The summed E-state index contributed by atoms with van der Waals surface area (Å²) in [7, 11) is 0. The van der Waals surface area contributed by atoms with E-state index in [2.05, 4.69) is 41.2 Å². The lowest BCUT2D eigenvalue weighted by atomic mass is 9.44. The third-order valence-corrected chi connectivity index (χ3v) is 7.80. The molecule has 1 heterocycles. The van der Waals surface area contributed by atoms with Gasteiger partial charge in [0.15, 0.2) is 0 Å². The summed E-state index contributed by atoms with van der Waals surface area (Å²) in [5, 5.41) is 10.5. The van der Waals surface area contributed by atoms with Gasteiger partial charge in [-0.3, -0.25) is 0 Å². The van der Waals surface area contributed by atoms with Crippen molar-refractivity contribution in [2.45, 2.75) is 90.4 Å². The molecule has 0 bridgehead atoms. The SMILES string of the molecule is C=C[C@@]1(C)CC[C@@H]2[C@]3(C)CC[C@@H](O)C(C)(C)[C@H]3CC[C@]2(C)O1. The predicted octanol–water partition coefficient (Wildman–Crippen LogP) is 4.71. The minimum atomic E-state index is -0.169. The third kappa shape index (κ3) is 2.13. The van der Waals surface area contributed by atoms with Crippen LogP contribution in [-0.2, 0) is 4.74 Å². The molecule has 3 fully saturated rings. The molecule has 1 saturated heterocycles. The first-order chi connectivity index (χ1) is 10.1. The van der Waals surface area contributed by atoms with Crippen LogP contribution in [0.1, 0.15) is 73.1 Å². The molecule has 0 radical (unpaired) electrons. The van der Waals surface area contributed by atoms with Gasteiger partial charge < -0.3 is 9.84 Å². The highest BCUT2D eigenvalue weighted by molar-refractivity contribution is 5.13. The van der Waals surface area contributed by atoms with E-state index in [0.717, 1.165) is 25.7 Å². The summed E-state index contributed by atoms with van der Waals surface area (Å²) in [4.78, 5) is 0. The fourth-order valence-electron chi connectivity index (χ4n) is 6.41. The third-order valence-electron chi connectivity index (χ3n) is 7.80. The van der Waals surface area contributed by atoms with Gasteiger partial charge in [0.05, 0.1) is 17.3 Å². The molecule has 1 aliphatic heterocycles. The number of hydrogen-bond donors (Lipinski definition) is 1. The van der Waals surface area contributed by atoms with Crippen molar-refractivity contribution in [1.29, 1.82) is 0 Å². The summed E-state index contributed by atoms with van der Waals surface area (Å²) in [5.41, 5.74) is 0.106. The number of ether oxygens (including phenoxy) is 1. The Bertz CT molecular complexity index is 470. The highest BCUT2D eigenvalue weighted by atomic mass is 16.5. The van der Waals surface area contributed by atoms with E-state index < -0.39 is 0 Å². The number of fused-ring (bicyclic) bond motifs is 3. The Morgan fingerprint density at radius 1 is 0.955 bits per heavy atom. The lowest BCUT2D eigenvalue weighted by Crippen LogP contribution is -2.64. The summed E-state index contributed by atoms with van der Waals surface area (Å²) in [6, 6.07) is 0. The van der Waals surface area contributed by atoms with Crippen LogP contribution < -0.4 is 0 Å². The largest absolute Gasteiger partial charge is 0.393 e. The Kier molecular flexibility index (Phi) is 3.63. The molecule has 2 aliphatic carbocycles. The zero-order valence-corrected chi connectivity index (χ0v) is 15.1. The van der Waals surface area contributed by atoms with Crippen LogP contribution in [0.4, 0.5) is 0 Å². The molecular weight excluding hydrogens is 272 g/mol. The summed E-state index contributed by atoms with van der Waals surface area (Å²) < 4.78 is 6.64. The Hall–Kier alpha value is -0.340. The molecular formula is C20H34O2. The first kappa shape index (κ1) is 16.5. The summed E-state index contributed by atoms with van der Waals surface area (Å²) in [5.74, 6) is 1.19. The molecule has 6 atom stereocenters. The molecule has 0 aromatic rings. The van der Waals surface area contributed by atoms with Gasteiger partial charge in [-0.2, -0.15) is 0 Å². The summed E-state index contributed by atoms with van der Waals surface area (Å²) >= 11 is 0. The highest BCUT2D eigenvalue weighted by Crippen LogP contribution is 2.65. The highest BCUT2D eigenvalue weighted by Gasteiger charge is 2.62. The second-order valence-electron chi connectivity index (χ2n) is 9.50. The Labute approximate surface area is 136 Å². The van der Waals surface area contributed by atoms with E-state index in [1.165, 1.54) is 12.8 Å². The normalized spacial score (nSPS) is 54.2. The quantitative estimate of drug-likeness (QED) is 0.711. The molecule has 2 saturated carbocycles. The van der Waals surface area contributed by atoms with Crippen molar-refractivity contribution in [2.75, 3.05) is 0 Å². The number of aliphatic hydroxyl groups is 1. The fourth-order valence-corrected chi connectivity index (χ4v) is 6.41. The van der Waals surface area contributed by atoms with E-state index >= 15 is 0 Å². The van der Waals surface area contributed by atoms with Gasteiger partial charge in [-0.05, 0) is 75.0 Å². The Balaban J connectivity index is 1.95. The van der Waals surface area contributed by atoms with Gasteiger partial charge in [0.2, 0.25) is 0 Å². The average molecular weight is 306 g/mol. The number of rotatable bonds is 1. The standard InChI is InChI=1S/C20H34O2/c1-7-18(4)11-8-15-19(5)12-10-16(21)17(2,3)14(19)9-13-20(15,6)22-18/h7,14-16,21H,1,8-13H2,2-6H3/t14-,15-,16-,18+,19-,20+/m1/s1. The van der Waals surface area contributed by atoms with Gasteiger partial charge in [-0.1, -0.05) is 26.8 Å². The number of hydrogen-bond acceptors (Lipinski definition) is 2. The van der Waals surface area contributed by atoms with Crippen molar-refractivity contribution in [3.63, 3.8) is 0 Å². The lowest BCUT2D eigenvalue weighted by Gasteiger charge is -2.65. The van der Waals surface area contributed by atoms with Crippen LogP contribution >= 0.6 is 0 Å². The topological polar surface area (TPSA) is 29.5 Å². The maximum absolute atomic E-state index is 10.5. The molecule has 0 spiro atoms. The molecule has 0 unspecified atom stereocenters. The van der Waals surface area contributed by atoms with Gasteiger partial charge in [0.1, 0.15) is 0 Å². The molecule has 2 nitrogen and oxygen atoms in total. The smallest absolute Gasteiger partial charge is 0.0839 e. The monoisotopic (exact) mass is 306 g/mol. The van der Waals surface area contributed by atoms with Crippen LogP contribution in [0, 0.1) is 22.7 Å². The number of aliphatic hydroxyl groups excluding tert-OH is 1. The van der Waals surface area contributed by atoms with E-state index in [1.54, 1.807) is 0 Å². The van der Waals surface area contributed by atoms with Gasteiger partial charge in [0, 0.05) is 0 Å². The van der Waals surface area contributed by atoms with Crippen LogP contribution in [0.25, 0.3) is 0 Å². The Morgan fingerprint density at radius 2 is 1.59 bits per heavy atom. The molecule has 0 aromatic heterocycles. The minimum absolute atomic E-state index is 0.0213. The first-order valence-corrected chi connectivity index (χ1v) is 9.09. The lowest BCUT2D eigenvalue weighted by molar-refractivity contribution is -0.262. The van der Waals surface area contributed by atoms with Gasteiger partial charge in [-0.15, -0.1) is 6.58 Å². The summed E-state index contributed by atoms with van der Waals surface area (Å²) in [6.07, 6.45) is 8.48. The van der Waals surface area contributed by atoms with Crippen molar-refractivity contribution in [3.8, 4) is 0 Å². The summed E-state index contributed by atoms with van der Waals surface area (Å²) in [6.45, 7) is 15.5. The van der Waals surface area contributed by atoms with E-state index in [9.17, 15) is 5.11 Å². The van der Waals surface area contributed by atoms with Crippen LogP contribution in [0.5, 0.6) is 0 Å². The van der Waals surface area contributed by atoms with Crippen LogP contribution in [-0.4, -0.2) is 22.4 Å². The van der Waals surface area contributed by atoms with Crippen LogP contribution in [0.3, 0.4) is 0 Å². The van der Waals surface area contributed by atoms with Crippen LogP contribution in [0.15, 0.2) is 12.7 Å². The molecule has 3 aliphatic rings. The maximum Gasteiger partial charge on any atom is 0.0839 e. The van der Waals surface area contributed by atoms with Crippen molar-refractivity contribution >= 4 is 0 Å². The van der Waals surface area contributed by atoms with Gasteiger partial charge in [0.25, 0.3) is 0 Å². The van der Waals surface area contributed by atoms with E-state index in [1.807, 2.05) is 6.08 Å².